The lowest BCUT2D eigenvalue weighted by Crippen LogP contribution is -2.36. The van der Waals surface area contributed by atoms with Crippen molar-refractivity contribution < 1.29 is 4.79 Å². The molecule has 1 aromatic heterocycles. The zero-order valence-corrected chi connectivity index (χ0v) is 13.3. The molecular formula is C15H15BrN2OS. The molecule has 3 rings (SSSR count). The summed E-state index contributed by atoms with van der Waals surface area (Å²) in [5, 5.41) is 5.08. The van der Waals surface area contributed by atoms with Gasteiger partial charge in [0.25, 0.3) is 0 Å². The number of halogens is 1. The zero-order valence-electron chi connectivity index (χ0n) is 10.9. The van der Waals surface area contributed by atoms with Gasteiger partial charge < -0.3 is 5.32 Å². The molecule has 0 saturated carbocycles. The van der Waals surface area contributed by atoms with E-state index < -0.39 is 0 Å². The van der Waals surface area contributed by atoms with E-state index in [4.69, 9.17) is 0 Å². The first kappa shape index (κ1) is 13.8. The number of benzene rings is 1. The molecule has 104 valence electrons. The summed E-state index contributed by atoms with van der Waals surface area (Å²) in [5.41, 5.74) is 2.20. The molecule has 0 unspecified atom stereocenters. The second kappa shape index (κ2) is 6.08. The monoisotopic (exact) mass is 350 g/mol. The van der Waals surface area contributed by atoms with Gasteiger partial charge in [-0.1, -0.05) is 12.1 Å². The van der Waals surface area contributed by atoms with Crippen LogP contribution in [-0.2, 0) is 17.8 Å². The van der Waals surface area contributed by atoms with Crippen molar-refractivity contribution in [1.29, 1.82) is 0 Å². The van der Waals surface area contributed by atoms with E-state index in [0.717, 1.165) is 29.7 Å². The highest BCUT2D eigenvalue weighted by Crippen LogP contribution is 2.24. The fraction of sp³-hybridized carbons (Fsp3) is 0.267. The molecule has 0 aliphatic carbocycles. The number of amides is 1. The fourth-order valence-electron chi connectivity index (χ4n) is 2.40. The minimum Gasteiger partial charge on any atom is -0.324 e. The number of carbonyl (C=O) groups is 1. The molecule has 1 aliphatic rings. The van der Waals surface area contributed by atoms with Gasteiger partial charge in [-0.25, -0.2) is 0 Å². The summed E-state index contributed by atoms with van der Waals surface area (Å²) in [4.78, 5) is 15.8. The van der Waals surface area contributed by atoms with Crippen LogP contribution in [0, 0.1) is 0 Å². The Labute approximate surface area is 130 Å². The van der Waals surface area contributed by atoms with E-state index in [1.54, 1.807) is 0 Å². The normalized spacial score (nSPS) is 14.8. The van der Waals surface area contributed by atoms with E-state index in [-0.39, 0.29) is 5.91 Å². The molecule has 0 atom stereocenters. The van der Waals surface area contributed by atoms with E-state index in [2.05, 4.69) is 37.6 Å². The quantitative estimate of drug-likeness (QED) is 0.918. The minimum absolute atomic E-state index is 0.0376. The maximum Gasteiger partial charge on any atom is 0.238 e. The van der Waals surface area contributed by atoms with Crippen molar-refractivity contribution in [2.24, 2.45) is 0 Å². The van der Waals surface area contributed by atoms with Crippen LogP contribution in [0.5, 0.6) is 0 Å². The third-order valence-corrected chi connectivity index (χ3v) is 5.12. The van der Waals surface area contributed by atoms with Gasteiger partial charge in [-0.3, -0.25) is 9.69 Å². The Bertz CT molecular complexity index is 626. The van der Waals surface area contributed by atoms with Crippen LogP contribution in [0.25, 0.3) is 0 Å². The summed E-state index contributed by atoms with van der Waals surface area (Å²) >= 11 is 5.26. The van der Waals surface area contributed by atoms with Crippen LogP contribution in [0.4, 0.5) is 5.69 Å². The molecule has 0 bridgehead atoms. The number of nitrogens with zero attached hydrogens (tertiary/aromatic N) is 1. The lowest BCUT2D eigenvalue weighted by atomic mass is 10.1. The van der Waals surface area contributed by atoms with Gasteiger partial charge in [0.15, 0.2) is 0 Å². The summed E-state index contributed by atoms with van der Waals surface area (Å²) in [7, 11) is 0. The average molecular weight is 351 g/mol. The van der Waals surface area contributed by atoms with Crippen LogP contribution in [0.3, 0.4) is 0 Å². The smallest absolute Gasteiger partial charge is 0.238 e. The summed E-state index contributed by atoms with van der Waals surface area (Å²) in [5.74, 6) is 0.0376. The Morgan fingerprint density at radius 2 is 2.20 bits per heavy atom. The molecule has 0 spiro atoms. The van der Waals surface area contributed by atoms with E-state index in [9.17, 15) is 4.79 Å². The third kappa shape index (κ3) is 3.11. The third-order valence-electron chi connectivity index (χ3n) is 3.40. The highest BCUT2D eigenvalue weighted by Gasteiger charge is 2.19. The molecule has 2 heterocycles. The van der Waals surface area contributed by atoms with Crippen molar-refractivity contribution in [3.05, 3.63) is 50.6 Å². The number of nitrogens with one attached hydrogen (secondary N) is 1. The van der Waals surface area contributed by atoms with Gasteiger partial charge in [-0.05, 0) is 51.5 Å². The molecule has 0 fully saturated rings. The van der Waals surface area contributed by atoms with E-state index in [0.29, 0.717) is 6.54 Å². The van der Waals surface area contributed by atoms with Crippen molar-refractivity contribution in [3.63, 3.8) is 0 Å². The van der Waals surface area contributed by atoms with Gasteiger partial charge in [0.1, 0.15) is 0 Å². The van der Waals surface area contributed by atoms with Gasteiger partial charge in [0, 0.05) is 22.4 Å². The molecule has 1 amide bonds. The van der Waals surface area contributed by atoms with Crippen LogP contribution in [0.2, 0.25) is 0 Å². The van der Waals surface area contributed by atoms with Crippen molar-refractivity contribution in [2.75, 3.05) is 18.4 Å². The fourth-order valence-corrected chi connectivity index (χ4v) is 3.67. The molecule has 20 heavy (non-hydrogen) atoms. The topological polar surface area (TPSA) is 32.3 Å². The van der Waals surface area contributed by atoms with Crippen LogP contribution in [0.15, 0.2) is 40.2 Å². The number of fused-ring (bicyclic) bond motifs is 1. The van der Waals surface area contributed by atoms with Gasteiger partial charge in [-0.2, -0.15) is 0 Å². The highest BCUT2D eigenvalue weighted by molar-refractivity contribution is 9.10. The Kier molecular flexibility index (Phi) is 4.19. The van der Waals surface area contributed by atoms with Gasteiger partial charge in [-0.15, -0.1) is 11.3 Å². The molecule has 0 saturated heterocycles. The SMILES string of the molecule is O=C(CN1CCc2sccc2C1)Nc1ccccc1Br. The average Bonchev–Trinajstić information content (AvgIpc) is 2.89. The Morgan fingerprint density at radius 1 is 1.35 bits per heavy atom. The van der Waals surface area contributed by atoms with Crippen molar-refractivity contribution in [1.82, 2.24) is 4.90 Å². The van der Waals surface area contributed by atoms with E-state index in [1.807, 2.05) is 35.6 Å². The van der Waals surface area contributed by atoms with Crippen molar-refractivity contribution in [2.45, 2.75) is 13.0 Å². The van der Waals surface area contributed by atoms with Crippen molar-refractivity contribution in [3.8, 4) is 0 Å². The van der Waals surface area contributed by atoms with Gasteiger partial charge in [0.05, 0.1) is 12.2 Å². The lowest BCUT2D eigenvalue weighted by Gasteiger charge is -2.26. The molecule has 3 nitrogen and oxygen atoms in total. The molecule has 2 aromatic rings. The number of carbonyl (C=O) groups excluding carboxylic acids is 1. The largest absolute Gasteiger partial charge is 0.324 e. The standard InChI is InChI=1S/C15H15BrN2OS/c16-12-3-1-2-4-13(12)17-15(19)10-18-7-5-14-11(9-18)6-8-20-14/h1-4,6,8H,5,7,9-10H2,(H,17,19). The van der Waals surface area contributed by atoms with Gasteiger partial charge >= 0.3 is 0 Å². The number of rotatable bonds is 3. The van der Waals surface area contributed by atoms with Crippen LogP contribution >= 0.6 is 27.3 Å². The Balaban J connectivity index is 1.59. The summed E-state index contributed by atoms with van der Waals surface area (Å²) < 4.78 is 0.909. The number of para-hydroxylation sites is 1. The number of thiophene rings is 1. The molecule has 1 N–H and O–H groups in total. The first-order valence-corrected chi connectivity index (χ1v) is 8.21. The first-order chi connectivity index (χ1) is 9.72. The van der Waals surface area contributed by atoms with Gasteiger partial charge in [0.2, 0.25) is 5.91 Å². The minimum atomic E-state index is 0.0376. The maximum absolute atomic E-state index is 12.1. The Morgan fingerprint density at radius 3 is 3.05 bits per heavy atom. The van der Waals surface area contributed by atoms with Crippen molar-refractivity contribution >= 4 is 38.9 Å². The van der Waals surface area contributed by atoms with Crippen LogP contribution in [0.1, 0.15) is 10.4 Å². The second-order valence-electron chi connectivity index (χ2n) is 4.86. The molecule has 0 radical (unpaired) electrons. The molecule has 1 aliphatic heterocycles. The zero-order chi connectivity index (χ0) is 13.9. The summed E-state index contributed by atoms with van der Waals surface area (Å²) in [6, 6.07) is 9.84. The lowest BCUT2D eigenvalue weighted by molar-refractivity contribution is -0.117. The summed E-state index contributed by atoms with van der Waals surface area (Å²) in [6.07, 6.45) is 1.05. The maximum atomic E-state index is 12.1. The number of anilines is 1. The Hall–Kier alpha value is -1.17. The second-order valence-corrected chi connectivity index (χ2v) is 6.71. The number of hydrogen-bond acceptors (Lipinski definition) is 3. The summed E-state index contributed by atoms with van der Waals surface area (Å²) in [6.45, 7) is 2.27. The number of hydrogen-bond donors (Lipinski definition) is 1. The highest BCUT2D eigenvalue weighted by atomic mass is 79.9. The molecular weight excluding hydrogens is 336 g/mol. The van der Waals surface area contributed by atoms with Crippen LogP contribution < -0.4 is 5.32 Å². The van der Waals surface area contributed by atoms with E-state index >= 15 is 0 Å². The first-order valence-electron chi connectivity index (χ1n) is 6.54. The van der Waals surface area contributed by atoms with E-state index in [1.165, 1.54) is 10.4 Å². The predicted octanol–water partition coefficient (Wildman–Crippen LogP) is 3.51. The predicted molar refractivity (Wildman–Crippen MR) is 86.1 cm³/mol. The van der Waals surface area contributed by atoms with Crippen LogP contribution in [-0.4, -0.2) is 23.9 Å². The molecule has 1 aromatic carbocycles. The molecule has 5 heteroatoms.